The molecule has 3 aliphatic rings. The van der Waals surface area contributed by atoms with Gasteiger partial charge in [-0.25, -0.2) is 8.42 Å². The van der Waals surface area contributed by atoms with Crippen molar-refractivity contribution >= 4 is 21.8 Å². The summed E-state index contributed by atoms with van der Waals surface area (Å²) in [5, 5.41) is 25.9. The van der Waals surface area contributed by atoms with Crippen LogP contribution in [0.5, 0.6) is 0 Å². The maximum atomic E-state index is 13.4. The highest BCUT2D eigenvalue weighted by molar-refractivity contribution is 7.90. The van der Waals surface area contributed by atoms with Crippen LogP contribution in [0.2, 0.25) is 0 Å². The molecule has 2 aliphatic heterocycles. The standard InChI is InChI=1S/C25H33N7O5S/c1-4-17(6-5-16(2)11-26)12-28-23(34)21-18-7-10-31(24(35)22(18)30(3)29-21)15-25(8-9-25)38(36,37)32-13-19(27)20(33)14-32/h4-6,19-20,33H,1,7-10,12-15,27H2,2-3H3,(H,28,34)/b16-5+,17-6+/t19-,20-/m0/s1. The van der Waals surface area contributed by atoms with Crippen molar-refractivity contribution in [3.05, 3.63) is 52.9 Å². The molecule has 1 aromatic heterocycles. The van der Waals surface area contributed by atoms with Crippen LogP contribution in [-0.2, 0) is 23.5 Å². The van der Waals surface area contributed by atoms with Crippen LogP contribution in [0.15, 0.2) is 36.0 Å². The van der Waals surface area contributed by atoms with Gasteiger partial charge in [-0.05, 0) is 37.8 Å². The number of nitrogens with two attached hydrogens (primary N) is 1. The molecule has 1 saturated heterocycles. The van der Waals surface area contributed by atoms with Gasteiger partial charge in [0.25, 0.3) is 11.8 Å². The van der Waals surface area contributed by atoms with E-state index in [1.54, 1.807) is 32.2 Å². The number of aliphatic hydroxyl groups excluding tert-OH is 1. The number of allylic oxidation sites excluding steroid dienone is 3. The van der Waals surface area contributed by atoms with E-state index in [0.29, 0.717) is 36.0 Å². The predicted molar refractivity (Wildman–Crippen MR) is 139 cm³/mol. The molecule has 2 atom stereocenters. The maximum absolute atomic E-state index is 13.4. The van der Waals surface area contributed by atoms with Crippen molar-refractivity contribution in [2.75, 3.05) is 32.7 Å². The van der Waals surface area contributed by atoms with E-state index in [1.807, 2.05) is 6.07 Å². The van der Waals surface area contributed by atoms with E-state index in [0.717, 1.165) is 0 Å². The number of hydrogen-bond donors (Lipinski definition) is 3. The predicted octanol–water partition coefficient (Wildman–Crippen LogP) is -0.403. The molecule has 1 aliphatic carbocycles. The first kappa shape index (κ1) is 27.7. The highest BCUT2D eigenvalue weighted by atomic mass is 32.2. The monoisotopic (exact) mass is 543 g/mol. The molecule has 0 aromatic carbocycles. The number of sulfonamides is 1. The zero-order chi connectivity index (χ0) is 27.8. The van der Waals surface area contributed by atoms with E-state index >= 15 is 0 Å². The van der Waals surface area contributed by atoms with Crippen LogP contribution in [0.3, 0.4) is 0 Å². The number of fused-ring (bicyclic) bond motifs is 1. The van der Waals surface area contributed by atoms with Crippen molar-refractivity contribution in [3.63, 3.8) is 0 Å². The second kappa shape index (κ2) is 10.5. The first-order valence-electron chi connectivity index (χ1n) is 12.4. The van der Waals surface area contributed by atoms with Gasteiger partial charge >= 0.3 is 0 Å². The molecule has 0 spiro atoms. The number of β-amino-alcohol motifs (C(OH)–C–C–N with tert-alkyl or cyclic N) is 1. The van der Waals surface area contributed by atoms with E-state index < -0.39 is 32.8 Å². The number of carbonyl (C=O) groups is 2. The lowest BCUT2D eigenvalue weighted by atomic mass is 10.0. The molecule has 2 fully saturated rings. The van der Waals surface area contributed by atoms with Gasteiger partial charge in [0.1, 0.15) is 10.4 Å². The number of aryl methyl sites for hydroxylation is 1. The Morgan fingerprint density at radius 2 is 2.08 bits per heavy atom. The number of aromatic nitrogens is 2. The van der Waals surface area contributed by atoms with Gasteiger partial charge in [-0.1, -0.05) is 18.7 Å². The Balaban J connectivity index is 1.47. The Hall–Kier alpha value is -3.31. The van der Waals surface area contributed by atoms with Crippen LogP contribution >= 0.6 is 0 Å². The fraction of sp³-hybridized carbons (Fsp3) is 0.520. The van der Waals surface area contributed by atoms with E-state index in [2.05, 4.69) is 17.0 Å². The SMILES string of the molecule is C=C/C(=C\C=C(/C)C#N)CNC(=O)c1nn(C)c2c1CCN(CC1(S(=O)(=O)N3C[C@H](N)[C@@H](O)C3)CC1)C2=O. The van der Waals surface area contributed by atoms with Gasteiger partial charge in [-0.15, -0.1) is 0 Å². The molecule has 1 aromatic rings. The number of nitriles is 1. The average Bonchev–Trinajstić information content (AvgIpc) is 3.49. The van der Waals surface area contributed by atoms with Crippen LogP contribution in [-0.4, -0.2) is 93.9 Å². The molecule has 204 valence electrons. The minimum Gasteiger partial charge on any atom is -0.390 e. The summed E-state index contributed by atoms with van der Waals surface area (Å²) in [6.07, 6.45) is 5.20. The zero-order valence-electron chi connectivity index (χ0n) is 21.6. The number of rotatable bonds is 9. The van der Waals surface area contributed by atoms with Crippen LogP contribution in [0, 0.1) is 11.3 Å². The minimum absolute atomic E-state index is 0.0330. The molecule has 4 N–H and O–H groups in total. The normalized spacial score (nSPS) is 23.7. The summed E-state index contributed by atoms with van der Waals surface area (Å²) in [4.78, 5) is 27.9. The summed E-state index contributed by atoms with van der Waals surface area (Å²) in [6.45, 7) is 5.87. The number of carbonyl (C=O) groups excluding carboxylic acids is 2. The van der Waals surface area contributed by atoms with Gasteiger partial charge in [0.2, 0.25) is 10.0 Å². The van der Waals surface area contributed by atoms with E-state index in [4.69, 9.17) is 11.0 Å². The summed E-state index contributed by atoms with van der Waals surface area (Å²) in [5.41, 5.74) is 7.97. The van der Waals surface area contributed by atoms with Crippen molar-refractivity contribution in [1.82, 2.24) is 24.3 Å². The summed E-state index contributed by atoms with van der Waals surface area (Å²) in [7, 11) is -2.18. The quantitative estimate of drug-likeness (QED) is 0.278. The molecular formula is C25H33N7O5S. The van der Waals surface area contributed by atoms with Crippen molar-refractivity contribution in [1.29, 1.82) is 5.26 Å². The molecule has 0 bridgehead atoms. The van der Waals surface area contributed by atoms with Gasteiger partial charge in [0, 0.05) is 56.9 Å². The lowest BCUT2D eigenvalue weighted by Crippen LogP contribution is -2.50. The van der Waals surface area contributed by atoms with Gasteiger partial charge in [0.05, 0.1) is 12.2 Å². The maximum Gasteiger partial charge on any atom is 0.272 e. The first-order chi connectivity index (χ1) is 17.9. The fourth-order valence-electron chi connectivity index (χ4n) is 4.87. The van der Waals surface area contributed by atoms with E-state index in [1.165, 1.54) is 13.9 Å². The number of nitrogens with one attached hydrogen (secondary N) is 1. The number of aliphatic hydroxyl groups is 1. The van der Waals surface area contributed by atoms with Crippen molar-refractivity contribution < 1.29 is 23.1 Å². The first-order valence-corrected chi connectivity index (χ1v) is 13.8. The van der Waals surface area contributed by atoms with Crippen LogP contribution in [0.4, 0.5) is 0 Å². The Morgan fingerprint density at radius 1 is 1.37 bits per heavy atom. The second-order valence-electron chi connectivity index (χ2n) is 10.1. The third-order valence-corrected chi connectivity index (χ3v) is 10.0. The lowest BCUT2D eigenvalue weighted by molar-refractivity contribution is 0.0723. The Labute approximate surface area is 222 Å². The second-order valence-corrected chi connectivity index (χ2v) is 12.4. The molecule has 13 heteroatoms. The number of amides is 2. The summed E-state index contributed by atoms with van der Waals surface area (Å²) < 4.78 is 28.3. The molecule has 12 nitrogen and oxygen atoms in total. The molecule has 4 rings (SSSR count). The van der Waals surface area contributed by atoms with Gasteiger partial charge in [0.15, 0.2) is 5.69 Å². The van der Waals surface area contributed by atoms with E-state index in [9.17, 15) is 23.1 Å². The zero-order valence-corrected chi connectivity index (χ0v) is 22.4. The van der Waals surface area contributed by atoms with Crippen LogP contribution in [0.25, 0.3) is 0 Å². The third kappa shape index (κ3) is 5.04. The van der Waals surface area contributed by atoms with Crippen molar-refractivity contribution in [3.8, 4) is 6.07 Å². The Kier molecular flexibility index (Phi) is 7.62. The summed E-state index contributed by atoms with van der Waals surface area (Å²) >= 11 is 0. The third-order valence-electron chi connectivity index (χ3n) is 7.39. The van der Waals surface area contributed by atoms with Crippen molar-refractivity contribution in [2.45, 2.75) is 43.1 Å². The van der Waals surface area contributed by atoms with Gasteiger partial charge in [-0.2, -0.15) is 14.7 Å². The highest BCUT2D eigenvalue weighted by Gasteiger charge is 2.59. The highest BCUT2D eigenvalue weighted by Crippen LogP contribution is 2.47. The fourth-order valence-corrected chi connectivity index (χ4v) is 7.07. The number of hydrogen-bond acceptors (Lipinski definition) is 8. The van der Waals surface area contributed by atoms with Crippen LogP contribution in [0.1, 0.15) is 46.3 Å². The topological polar surface area (TPSA) is 175 Å². The lowest BCUT2D eigenvalue weighted by Gasteiger charge is -2.32. The number of nitrogens with zero attached hydrogens (tertiary/aromatic N) is 5. The average molecular weight is 544 g/mol. The van der Waals surface area contributed by atoms with E-state index in [-0.39, 0.29) is 50.0 Å². The van der Waals surface area contributed by atoms with Gasteiger partial charge in [-0.3, -0.25) is 14.3 Å². The summed E-state index contributed by atoms with van der Waals surface area (Å²) in [6, 6.07) is 1.39. The minimum atomic E-state index is -3.76. The molecular weight excluding hydrogens is 510 g/mol. The van der Waals surface area contributed by atoms with Crippen molar-refractivity contribution in [2.24, 2.45) is 12.8 Å². The largest absolute Gasteiger partial charge is 0.390 e. The molecule has 2 amide bonds. The molecule has 0 radical (unpaired) electrons. The molecule has 38 heavy (non-hydrogen) atoms. The van der Waals surface area contributed by atoms with Gasteiger partial charge < -0.3 is 21.1 Å². The van der Waals surface area contributed by atoms with Crippen LogP contribution < -0.4 is 11.1 Å². The molecule has 3 heterocycles. The smallest absolute Gasteiger partial charge is 0.272 e. The Morgan fingerprint density at radius 3 is 2.66 bits per heavy atom. The molecule has 1 saturated carbocycles. The Bertz CT molecular complexity index is 1360. The molecule has 0 unspecified atom stereocenters. The summed E-state index contributed by atoms with van der Waals surface area (Å²) in [5.74, 6) is -0.814.